The number of nitrogens with zero attached hydrogens (tertiary/aromatic N) is 2. The van der Waals surface area contributed by atoms with Crippen molar-refractivity contribution in [1.82, 2.24) is 9.78 Å². The molecule has 0 aliphatic carbocycles. The van der Waals surface area contributed by atoms with Gasteiger partial charge in [-0.15, -0.1) is 0 Å². The second-order valence-electron chi connectivity index (χ2n) is 5.52. The smallest absolute Gasteiger partial charge is 0.132 e. The number of hydrogen-bond donors (Lipinski definition) is 2. The molecule has 0 unspecified atom stereocenters. The first kappa shape index (κ1) is 15.1. The van der Waals surface area contributed by atoms with Crippen LogP contribution in [0.25, 0.3) is 0 Å². The third kappa shape index (κ3) is 3.42. The molecule has 112 valence electrons. The van der Waals surface area contributed by atoms with E-state index in [-0.39, 0.29) is 5.84 Å². The van der Waals surface area contributed by atoms with Crippen LogP contribution in [-0.4, -0.2) is 15.6 Å². The SMILES string of the molecule is Cc1cc(C(=N)N)cc(C)c1OCc1ccn(C(C)C)n1. The number of nitrogens with two attached hydrogens (primary N) is 1. The molecule has 0 atom stereocenters. The molecule has 5 heteroatoms. The molecule has 1 aromatic heterocycles. The van der Waals surface area contributed by atoms with Gasteiger partial charge in [0.05, 0.1) is 5.69 Å². The molecule has 0 aliphatic rings. The zero-order chi connectivity index (χ0) is 15.6. The van der Waals surface area contributed by atoms with Crippen LogP contribution in [0.1, 0.15) is 42.3 Å². The summed E-state index contributed by atoms with van der Waals surface area (Å²) in [6.45, 7) is 8.53. The summed E-state index contributed by atoms with van der Waals surface area (Å²) in [5.74, 6) is 0.905. The first-order valence-corrected chi connectivity index (χ1v) is 7.01. The van der Waals surface area contributed by atoms with Crippen molar-refractivity contribution >= 4 is 5.84 Å². The highest BCUT2D eigenvalue weighted by atomic mass is 16.5. The number of rotatable bonds is 5. The molecule has 5 nitrogen and oxygen atoms in total. The lowest BCUT2D eigenvalue weighted by atomic mass is 10.1. The fourth-order valence-electron chi connectivity index (χ4n) is 2.22. The van der Waals surface area contributed by atoms with E-state index in [1.165, 1.54) is 0 Å². The Morgan fingerprint density at radius 2 is 1.95 bits per heavy atom. The molecule has 0 saturated heterocycles. The zero-order valence-corrected chi connectivity index (χ0v) is 13.0. The van der Waals surface area contributed by atoms with E-state index in [4.69, 9.17) is 15.9 Å². The van der Waals surface area contributed by atoms with Crippen LogP contribution in [0.5, 0.6) is 5.75 Å². The minimum Gasteiger partial charge on any atom is -0.487 e. The van der Waals surface area contributed by atoms with Gasteiger partial charge in [0.25, 0.3) is 0 Å². The van der Waals surface area contributed by atoms with Crippen LogP contribution >= 0.6 is 0 Å². The third-order valence-electron chi connectivity index (χ3n) is 3.33. The van der Waals surface area contributed by atoms with E-state index in [2.05, 4.69) is 18.9 Å². The van der Waals surface area contributed by atoms with Crippen molar-refractivity contribution < 1.29 is 4.74 Å². The monoisotopic (exact) mass is 286 g/mol. The molecule has 2 aromatic rings. The molecule has 2 rings (SSSR count). The standard InChI is InChI=1S/C16H22N4O/c1-10(2)20-6-5-14(19-20)9-21-15-11(3)7-13(16(17)18)8-12(15)4/h5-8,10H,9H2,1-4H3,(H3,17,18). The summed E-state index contributed by atoms with van der Waals surface area (Å²) in [6.07, 6.45) is 1.96. The van der Waals surface area contributed by atoms with Crippen LogP contribution in [0, 0.1) is 19.3 Å². The maximum absolute atomic E-state index is 7.50. The molecule has 0 spiro atoms. The first-order valence-electron chi connectivity index (χ1n) is 7.01. The summed E-state index contributed by atoms with van der Waals surface area (Å²) in [6, 6.07) is 6.06. The average Bonchev–Trinajstić information content (AvgIpc) is 2.86. The van der Waals surface area contributed by atoms with Crippen molar-refractivity contribution in [3.63, 3.8) is 0 Å². The third-order valence-corrected chi connectivity index (χ3v) is 3.33. The molecule has 0 radical (unpaired) electrons. The molecule has 0 bridgehead atoms. The number of nitrogen functional groups attached to an aromatic ring is 1. The molecule has 0 aliphatic heterocycles. The van der Waals surface area contributed by atoms with E-state index < -0.39 is 0 Å². The average molecular weight is 286 g/mol. The maximum Gasteiger partial charge on any atom is 0.132 e. The number of aryl methyl sites for hydroxylation is 2. The Labute approximate surface area is 125 Å². The molecule has 1 heterocycles. The van der Waals surface area contributed by atoms with Gasteiger partial charge in [-0.25, -0.2) is 0 Å². The van der Waals surface area contributed by atoms with Crippen molar-refractivity contribution in [3.05, 3.63) is 46.8 Å². The van der Waals surface area contributed by atoms with Crippen LogP contribution in [-0.2, 0) is 6.61 Å². The Morgan fingerprint density at radius 1 is 1.33 bits per heavy atom. The van der Waals surface area contributed by atoms with Crippen molar-refractivity contribution in [2.24, 2.45) is 5.73 Å². The van der Waals surface area contributed by atoms with E-state index in [1.807, 2.05) is 42.9 Å². The first-order chi connectivity index (χ1) is 9.88. The molecule has 0 amide bonds. The second kappa shape index (κ2) is 5.99. The van der Waals surface area contributed by atoms with E-state index in [9.17, 15) is 0 Å². The minimum atomic E-state index is 0.0726. The topological polar surface area (TPSA) is 76.9 Å². The largest absolute Gasteiger partial charge is 0.487 e. The Hall–Kier alpha value is -2.30. The lowest BCUT2D eigenvalue weighted by Crippen LogP contribution is -2.12. The van der Waals surface area contributed by atoms with Gasteiger partial charge in [-0.2, -0.15) is 5.10 Å². The van der Waals surface area contributed by atoms with Crippen LogP contribution in [0.3, 0.4) is 0 Å². The van der Waals surface area contributed by atoms with Crippen LogP contribution < -0.4 is 10.5 Å². The van der Waals surface area contributed by atoms with Gasteiger partial charge in [0.2, 0.25) is 0 Å². The summed E-state index contributed by atoms with van der Waals surface area (Å²) in [5.41, 5.74) is 9.10. The Kier molecular flexibility index (Phi) is 4.31. The maximum atomic E-state index is 7.50. The van der Waals surface area contributed by atoms with Gasteiger partial charge in [-0.05, 0) is 57.0 Å². The number of hydrogen-bond acceptors (Lipinski definition) is 3. The molecule has 3 N–H and O–H groups in total. The van der Waals surface area contributed by atoms with Crippen molar-refractivity contribution in [2.45, 2.75) is 40.3 Å². The van der Waals surface area contributed by atoms with Crippen molar-refractivity contribution in [3.8, 4) is 5.75 Å². The lowest BCUT2D eigenvalue weighted by molar-refractivity contribution is 0.294. The van der Waals surface area contributed by atoms with Gasteiger partial charge in [0.1, 0.15) is 18.2 Å². The fourth-order valence-corrected chi connectivity index (χ4v) is 2.22. The predicted octanol–water partition coefficient (Wildman–Crippen LogP) is 2.94. The Bertz CT molecular complexity index is 635. The number of nitrogens with one attached hydrogen (secondary N) is 1. The fraction of sp³-hybridized carbons (Fsp3) is 0.375. The molecule has 1 aromatic carbocycles. The lowest BCUT2D eigenvalue weighted by Gasteiger charge is -2.13. The van der Waals surface area contributed by atoms with E-state index in [0.29, 0.717) is 12.6 Å². The van der Waals surface area contributed by atoms with Gasteiger partial charge < -0.3 is 10.5 Å². The van der Waals surface area contributed by atoms with Crippen LogP contribution in [0.4, 0.5) is 0 Å². The van der Waals surface area contributed by atoms with Gasteiger partial charge in [0.15, 0.2) is 0 Å². The number of benzene rings is 1. The van der Waals surface area contributed by atoms with Crippen molar-refractivity contribution in [2.75, 3.05) is 0 Å². The molecular weight excluding hydrogens is 264 g/mol. The molecule has 0 fully saturated rings. The van der Waals surface area contributed by atoms with E-state index >= 15 is 0 Å². The highest BCUT2D eigenvalue weighted by Crippen LogP contribution is 2.25. The Balaban J connectivity index is 2.14. The highest BCUT2D eigenvalue weighted by molar-refractivity contribution is 5.95. The normalized spacial score (nSPS) is 10.9. The Morgan fingerprint density at radius 3 is 2.43 bits per heavy atom. The van der Waals surface area contributed by atoms with Gasteiger partial charge in [-0.1, -0.05) is 0 Å². The van der Waals surface area contributed by atoms with Crippen LogP contribution in [0.2, 0.25) is 0 Å². The number of ether oxygens (including phenoxy) is 1. The molecule has 0 saturated carbocycles. The quantitative estimate of drug-likeness (QED) is 0.655. The molecule has 21 heavy (non-hydrogen) atoms. The summed E-state index contributed by atoms with van der Waals surface area (Å²) >= 11 is 0. The highest BCUT2D eigenvalue weighted by Gasteiger charge is 2.09. The van der Waals surface area contributed by atoms with E-state index in [0.717, 1.165) is 28.1 Å². The summed E-state index contributed by atoms with van der Waals surface area (Å²) in [4.78, 5) is 0. The van der Waals surface area contributed by atoms with E-state index in [1.54, 1.807) is 0 Å². The van der Waals surface area contributed by atoms with Gasteiger partial charge in [-0.3, -0.25) is 10.1 Å². The summed E-state index contributed by atoms with van der Waals surface area (Å²) in [7, 11) is 0. The van der Waals surface area contributed by atoms with Crippen LogP contribution in [0.15, 0.2) is 24.4 Å². The van der Waals surface area contributed by atoms with Gasteiger partial charge >= 0.3 is 0 Å². The molecular formula is C16H22N4O. The second-order valence-corrected chi connectivity index (χ2v) is 5.52. The zero-order valence-electron chi connectivity index (χ0n) is 13.0. The number of amidine groups is 1. The summed E-state index contributed by atoms with van der Waals surface area (Å²) < 4.78 is 7.81. The number of aromatic nitrogens is 2. The van der Waals surface area contributed by atoms with Gasteiger partial charge in [0, 0.05) is 17.8 Å². The predicted molar refractivity (Wildman–Crippen MR) is 83.9 cm³/mol. The van der Waals surface area contributed by atoms with Crippen molar-refractivity contribution in [1.29, 1.82) is 5.41 Å². The minimum absolute atomic E-state index is 0.0726. The summed E-state index contributed by atoms with van der Waals surface area (Å²) in [5, 5.41) is 12.0.